The minimum Gasteiger partial charge on any atom is -0.465 e. The van der Waals surface area contributed by atoms with E-state index >= 15 is 0 Å². The van der Waals surface area contributed by atoms with Crippen LogP contribution in [0.15, 0.2) is 58.8 Å². The lowest BCUT2D eigenvalue weighted by Gasteiger charge is -2.26. The molecule has 0 saturated carbocycles. The van der Waals surface area contributed by atoms with Crippen molar-refractivity contribution in [2.24, 2.45) is 10.9 Å². The Morgan fingerprint density at radius 2 is 2.12 bits per heavy atom. The van der Waals surface area contributed by atoms with Crippen molar-refractivity contribution < 1.29 is 23.1 Å². The van der Waals surface area contributed by atoms with E-state index in [0.29, 0.717) is 5.71 Å². The number of aliphatic imine (C=N–C) groups is 1. The maximum absolute atomic E-state index is 13.8. The standard InChI is InChI=1S/C18H14F2N2O3/c1-25-18(24)15-16(12-4-2-3-5-14(12)22-17(15)23)21-9-10-6-7-11(19)8-13(10)20/h2-8,12,21H,9H2,1H3. The highest BCUT2D eigenvalue weighted by Crippen LogP contribution is 2.27. The van der Waals surface area contributed by atoms with Crippen molar-refractivity contribution >= 4 is 17.6 Å². The van der Waals surface area contributed by atoms with Gasteiger partial charge in [-0.05, 0) is 12.1 Å². The summed E-state index contributed by atoms with van der Waals surface area (Å²) in [5.74, 6) is -3.39. The van der Waals surface area contributed by atoms with Crippen molar-refractivity contribution in [1.29, 1.82) is 0 Å². The summed E-state index contributed by atoms with van der Waals surface area (Å²) in [7, 11) is 1.16. The topological polar surface area (TPSA) is 67.8 Å². The maximum atomic E-state index is 13.8. The molecule has 0 spiro atoms. The summed E-state index contributed by atoms with van der Waals surface area (Å²) in [6, 6.07) is 3.21. The molecule has 0 fully saturated rings. The van der Waals surface area contributed by atoms with Gasteiger partial charge in [-0.3, -0.25) is 4.79 Å². The predicted molar refractivity (Wildman–Crippen MR) is 86.5 cm³/mol. The van der Waals surface area contributed by atoms with E-state index < -0.39 is 29.4 Å². The first kappa shape index (κ1) is 16.8. The number of carbonyl (C=O) groups is 2. The summed E-state index contributed by atoms with van der Waals surface area (Å²) < 4.78 is 31.5. The van der Waals surface area contributed by atoms with Crippen LogP contribution in [0.1, 0.15) is 5.56 Å². The van der Waals surface area contributed by atoms with Crippen molar-refractivity contribution in [3.05, 3.63) is 71.0 Å². The minimum atomic E-state index is -0.821. The van der Waals surface area contributed by atoms with Gasteiger partial charge in [0.25, 0.3) is 5.91 Å². The van der Waals surface area contributed by atoms with Crippen LogP contribution in [-0.4, -0.2) is 24.7 Å². The molecule has 0 aromatic heterocycles. The van der Waals surface area contributed by atoms with Crippen LogP contribution in [0.2, 0.25) is 0 Å². The van der Waals surface area contributed by atoms with Gasteiger partial charge in [-0.15, -0.1) is 0 Å². The summed E-state index contributed by atoms with van der Waals surface area (Å²) >= 11 is 0. The normalized spacial score (nSPS) is 18.8. The van der Waals surface area contributed by atoms with Gasteiger partial charge < -0.3 is 10.1 Å². The van der Waals surface area contributed by atoms with E-state index in [9.17, 15) is 18.4 Å². The fraction of sp³-hybridized carbons (Fsp3) is 0.167. The molecule has 5 nitrogen and oxygen atoms in total. The summed E-state index contributed by atoms with van der Waals surface area (Å²) in [5, 5.41) is 2.92. The zero-order valence-electron chi connectivity index (χ0n) is 13.3. The Morgan fingerprint density at radius 1 is 1.32 bits per heavy atom. The van der Waals surface area contributed by atoms with Crippen molar-refractivity contribution in [2.75, 3.05) is 7.11 Å². The molecule has 25 heavy (non-hydrogen) atoms. The number of methoxy groups -OCH3 is 1. The lowest BCUT2D eigenvalue weighted by atomic mass is 9.89. The molecule has 1 aliphatic heterocycles. The molecule has 1 aromatic carbocycles. The third-order valence-electron chi connectivity index (χ3n) is 3.90. The van der Waals surface area contributed by atoms with E-state index in [4.69, 9.17) is 0 Å². The number of hydrogen-bond donors (Lipinski definition) is 1. The SMILES string of the molecule is COC(=O)C1=C(NCc2ccc(F)cc2F)C2C=CC=CC2=NC1=O. The second-order valence-electron chi connectivity index (χ2n) is 5.43. The summed E-state index contributed by atoms with van der Waals surface area (Å²) in [5.41, 5.74) is 0.733. The molecule has 128 valence electrons. The molecule has 3 rings (SSSR count). The number of carbonyl (C=O) groups excluding carboxylic acids is 2. The Kier molecular flexibility index (Phi) is 4.56. The molecule has 1 unspecified atom stereocenters. The molecule has 0 saturated heterocycles. The largest absolute Gasteiger partial charge is 0.465 e. The highest BCUT2D eigenvalue weighted by molar-refractivity contribution is 6.24. The average molecular weight is 344 g/mol. The minimum absolute atomic E-state index is 0.0312. The van der Waals surface area contributed by atoms with Gasteiger partial charge in [-0.1, -0.05) is 24.3 Å². The predicted octanol–water partition coefficient (Wildman–Crippen LogP) is 2.20. The number of allylic oxidation sites excluding steroid dienone is 4. The first-order valence-electron chi connectivity index (χ1n) is 7.49. The van der Waals surface area contributed by atoms with Gasteiger partial charge >= 0.3 is 5.97 Å². The lowest BCUT2D eigenvalue weighted by molar-refractivity contribution is -0.137. The Balaban J connectivity index is 1.95. The number of ether oxygens (including phenoxy) is 1. The Hall–Kier alpha value is -3.09. The number of benzene rings is 1. The number of hydrogen-bond acceptors (Lipinski definition) is 4. The molecule has 1 heterocycles. The molecule has 0 bridgehead atoms. The van der Waals surface area contributed by atoms with Crippen molar-refractivity contribution in [2.45, 2.75) is 6.54 Å². The highest BCUT2D eigenvalue weighted by Gasteiger charge is 2.34. The van der Waals surface area contributed by atoms with E-state index in [1.165, 1.54) is 6.07 Å². The Bertz CT molecular complexity index is 869. The van der Waals surface area contributed by atoms with Gasteiger partial charge in [-0.2, -0.15) is 0 Å². The van der Waals surface area contributed by atoms with E-state index in [2.05, 4.69) is 15.0 Å². The zero-order chi connectivity index (χ0) is 18.0. The molecule has 1 aromatic rings. The lowest BCUT2D eigenvalue weighted by Crippen LogP contribution is -2.35. The Morgan fingerprint density at radius 3 is 2.84 bits per heavy atom. The van der Waals surface area contributed by atoms with Crippen molar-refractivity contribution in [1.82, 2.24) is 5.32 Å². The van der Waals surface area contributed by atoms with Crippen LogP contribution in [0.25, 0.3) is 0 Å². The van der Waals surface area contributed by atoms with Gasteiger partial charge in [0, 0.05) is 23.9 Å². The molecule has 2 aliphatic rings. The number of nitrogens with one attached hydrogen (secondary N) is 1. The van der Waals surface area contributed by atoms with Crippen LogP contribution in [0.5, 0.6) is 0 Å². The third kappa shape index (κ3) is 3.26. The monoisotopic (exact) mass is 344 g/mol. The van der Waals surface area contributed by atoms with Crippen LogP contribution in [0.3, 0.4) is 0 Å². The molecule has 1 atom stereocenters. The number of rotatable bonds is 4. The molecule has 1 aliphatic carbocycles. The van der Waals surface area contributed by atoms with Crippen LogP contribution < -0.4 is 5.32 Å². The number of nitrogens with zero attached hydrogens (tertiary/aromatic N) is 1. The highest BCUT2D eigenvalue weighted by atomic mass is 19.1. The molecule has 7 heteroatoms. The van der Waals surface area contributed by atoms with Gasteiger partial charge in [0.1, 0.15) is 17.2 Å². The number of fused-ring (bicyclic) bond motifs is 1. The van der Waals surface area contributed by atoms with Crippen molar-refractivity contribution in [3.8, 4) is 0 Å². The fourth-order valence-corrected chi connectivity index (χ4v) is 2.68. The summed E-state index contributed by atoms with van der Waals surface area (Å²) in [4.78, 5) is 28.1. The third-order valence-corrected chi connectivity index (χ3v) is 3.90. The van der Waals surface area contributed by atoms with Crippen LogP contribution in [-0.2, 0) is 20.9 Å². The number of halogens is 2. The fourth-order valence-electron chi connectivity index (χ4n) is 2.68. The molecule has 1 amide bonds. The van der Waals surface area contributed by atoms with Gasteiger partial charge in [0.05, 0.1) is 18.7 Å². The second-order valence-corrected chi connectivity index (χ2v) is 5.43. The van der Waals surface area contributed by atoms with Crippen LogP contribution >= 0.6 is 0 Å². The Labute approximate surface area is 142 Å². The van der Waals surface area contributed by atoms with Gasteiger partial charge in [0.15, 0.2) is 0 Å². The molecular formula is C18H14F2N2O3. The molecule has 0 radical (unpaired) electrons. The number of amides is 1. The van der Waals surface area contributed by atoms with E-state index in [-0.39, 0.29) is 23.4 Å². The van der Waals surface area contributed by atoms with Gasteiger partial charge in [0.2, 0.25) is 0 Å². The first-order valence-corrected chi connectivity index (χ1v) is 7.49. The quantitative estimate of drug-likeness (QED) is 0.672. The van der Waals surface area contributed by atoms with Crippen LogP contribution in [0.4, 0.5) is 8.78 Å². The second kappa shape index (κ2) is 6.80. The number of esters is 1. The zero-order valence-corrected chi connectivity index (χ0v) is 13.3. The van der Waals surface area contributed by atoms with Gasteiger partial charge in [-0.25, -0.2) is 18.6 Å². The summed E-state index contributed by atoms with van der Waals surface area (Å²) in [6.45, 7) is -0.0312. The first-order chi connectivity index (χ1) is 12.0. The summed E-state index contributed by atoms with van der Waals surface area (Å²) in [6.07, 6.45) is 6.91. The molecular weight excluding hydrogens is 330 g/mol. The van der Waals surface area contributed by atoms with Crippen molar-refractivity contribution in [3.63, 3.8) is 0 Å². The van der Waals surface area contributed by atoms with Crippen LogP contribution in [0, 0.1) is 17.6 Å². The average Bonchev–Trinajstić information content (AvgIpc) is 2.60. The van der Waals surface area contributed by atoms with E-state index in [0.717, 1.165) is 19.2 Å². The maximum Gasteiger partial charge on any atom is 0.345 e. The molecule has 1 N–H and O–H groups in total. The smallest absolute Gasteiger partial charge is 0.345 e. The van der Waals surface area contributed by atoms with E-state index in [1.807, 2.05) is 0 Å². The van der Waals surface area contributed by atoms with E-state index in [1.54, 1.807) is 24.3 Å². The number of dihydropyridines is 1.